The molecule has 0 spiro atoms. The summed E-state index contributed by atoms with van der Waals surface area (Å²) >= 11 is 0. The standard InChI is InChI=1S/C22H20O13/c1-30-9-4-7-12-11-6(21(29)35-19(12)17(9)31-2)3-8(14(25)18(11)34-20(7)28)32-22-16(27)15(26)13(24)10(5-23)33-22/h3-4,10,13,15-16,22-27H,5H2,1-2H3/t10-,13-,15+,16-,22-/m1/s1. The van der Waals surface area contributed by atoms with Crippen molar-refractivity contribution in [2.75, 3.05) is 20.8 Å². The van der Waals surface area contributed by atoms with Crippen LogP contribution in [0.3, 0.4) is 0 Å². The van der Waals surface area contributed by atoms with E-state index < -0.39 is 65.6 Å². The molecule has 2 aromatic heterocycles. The molecule has 1 aliphatic rings. The van der Waals surface area contributed by atoms with Gasteiger partial charge in [0.15, 0.2) is 22.7 Å². The van der Waals surface area contributed by atoms with Gasteiger partial charge in [-0.1, -0.05) is 0 Å². The molecule has 4 aromatic rings. The van der Waals surface area contributed by atoms with Crippen molar-refractivity contribution in [3.63, 3.8) is 0 Å². The zero-order valence-electron chi connectivity index (χ0n) is 18.3. The van der Waals surface area contributed by atoms with Crippen molar-refractivity contribution in [3.05, 3.63) is 33.0 Å². The highest BCUT2D eigenvalue weighted by Gasteiger charge is 2.45. The number of ether oxygens (including phenoxy) is 4. The second kappa shape index (κ2) is 8.25. The fourth-order valence-corrected chi connectivity index (χ4v) is 4.28. The Morgan fingerprint density at radius 1 is 0.857 bits per heavy atom. The highest BCUT2D eigenvalue weighted by atomic mass is 16.7. The number of hydrogen-bond acceptors (Lipinski definition) is 13. The van der Waals surface area contributed by atoms with E-state index >= 15 is 0 Å². The van der Waals surface area contributed by atoms with Gasteiger partial charge in [0, 0.05) is 10.8 Å². The second-order valence-corrected chi connectivity index (χ2v) is 7.93. The summed E-state index contributed by atoms with van der Waals surface area (Å²) in [6.07, 6.45) is -8.13. The number of aliphatic hydroxyl groups is 4. The number of hydrogen-bond donors (Lipinski definition) is 5. The summed E-state index contributed by atoms with van der Waals surface area (Å²) < 4.78 is 32.0. The van der Waals surface area contributed by atoms with E-state index in [2.05, 4.69) is 0 Å². The van der Waals surface area contributed by atoms with Crippen molar-refractivity contribution in [2.24, 2.45) is 0 Å². The van der Waals surface area contributed by atoms with Gasteiger partial charge in [-0.05, 0) is 12.1 Å². The van der Waals surface area contributed by atoms with Gasteiger partial charge in [0.1, 0.15) is 24.4 Å². The van der Waals surface area contributed by atoms with Gasteiger partial charge in [-0.3, -0.25) is 0 Å². The average molecular weight is 492 g/mol. The molecule has 2 aromatic carbocycles. The molecule has 1 fully saturated rings. The Morgan fingerprint density at radius 2 is 1.46 bits per heavy atom. The van der Waals surface area contributed by atoms with Crippen LogP contribution in [0.25, 0.3) is 32.7 Å². The summed E-state index contributed by atoms with van der Waals surface area (Å²) in [4.78, 5) is 25.7. The first-order chi connectivity index (χ1) is 16.7. The van der Waals surface area contributed by atoms with Gasteiger partial charge in [0.25, 0.3) is 0 Å². The van der Waals surface area contributed by atoms with E-state index in [1.807, 2.05) is 0 Å². The van der Waals surface area contributed by atoms with Gasteiger partial charge in [0.2, 0.25) is 17.8 Å². The Bertz CT molecular complexity index is 1530. The van der Waals surface area contributed by atoms with Crippen molar-refractivity contribution < 1.29 is 53.3 Å². The van der Waals surface area contributed by atoms with Crippen LogP contribution in [0.15, 0.2) is 30.6 Å². The second-order valence-electron chi connectivity index (χ2n) is 7.93. The normalized spacial score (nSPS) is 24.9. The predicted molar refractivity (Wildman–Crippen MR) is 116 cm³/mol. The first kappa shape index (κ1) is 23.1. The molecule has 5 rings (SSSR count). The summed E-state index contributed by atoms with van der Waals surface area (Å²) in [6, 6.07) is 2.43. The first-order valence-electron chi connectivity index (χ1n) is 10.3. The van der Waals surface area contributed by atoms with E-state index in [1.165, 1.54) is 20.3 Å². The fraction of sp³-hybridized carbons (Fsp3) is 0.364. The van der Waals surface area contributed by atoms with E-state index in [-0.39, 0.29) is 38.6 Å². The molecule has 0 radical (unpaired) electrons. The third kappa shape index (κ3) is 3.28. The number of benzene rings is 2. The molecule has 35 heavy (non-hydrogen) atoms. The third-order valence-electron chi connectivity index (χ3n) is 6.02. The topological polar surface area (TPSA) is 198 Å². The van der Waals surface area contributed by atoms with E-state index in [9.17, 15) is 35.1 Å². The zero-order valence-corrected chi connectivity index (χ0v) is 18.3. The Hall–Kier alpha value is -3.62. The summed E-state index contributed by atoms with van der Waals surface area (Å²) in [6.45, 7) is -0.707. The Morgan fingerprint density at radius 3 is 2.06 bits per heavy atom. The third-order valence-corrected chi connectivity index (χ3v) is 6.02. The Labute approximate surface area is 194 Å². The smallest absolute Gasteiger partial charge is 0.344 e. The molecule has 3 heterocycles. The Kier molecular flexibility index (Phi) is 5.45. The molecular weight excluding hydrogens is 472 g/mol. The van der Waals surface area contributed by atoms with Crippen LogP contribution in [0.1, 0.15) is 0 Å². The van der Waals surface area contributed by atoms with Crippen LogP contribution in [-0.4, -0.2) is 77.1 Å². The molecule has 5 N–H and O–H groups in total. The van der Waals surface area contributed by atoms with Crippen LogP contribution in [0, 0.1) is 0 Å². The molecule has 1 saturated heterocycles. The number of aromatic hydroxyl groups is 1. The maximum Gasteiger partial charge on any atom is 0.344 e. The number of aliphatic hydroxyl groups excluding tert-OH is 4. The van der Waals surface area contributed by atoms with Crippen molar-refractivity contribution in [1.82, 2.24) is 0 Å². The van der Waals surface area contributed by atoms with Gasteiger partial charge in [-0.2, -0.15) is 0 Å². The van der Waals surface area contributed by atoms with E-state index in [0.717, 1.165) is 6.07 Å². The highest BCUT2D eigenvalue weighted by Crippen LogP contribution is 2.46. The lowest BCUT2D eigenvalue weighted by molar-refractivity contribution is -0.277. The number of phenols is 1. The quantitative estimate of drug-likeness (QED) is 0.175. The fourth-order valence-electron chi connectivity index (χ4n) is 4.28. The summed E-state index contributed by atoms with van der Waals surface area (Å²) in [5.74, 6) is -1.01. The van der Waals surface area contributed by atoms with Crippen molar-refractivity contribution in [1.29, 1.82) is 0 Å². The van der Waals surface area contributed by atoms with Crippen LogP contribution < -0.4 is 25.5 Å². The lowest BCUT2D eigenvalue weighted by Crippen LogP contribution is -2.60. The minimum Gasteiger partial charge on any atom is -0.502 e. The van der Waals surface area contributed by atoms with Gasteiger partial charge in [0.05, 0.1) is 31.6 Å². The van der Waals surface area contributed by atoms with Gasteiger partial charge < -0.3 is 53.3 Å². The number of rotatable bonds is 5. The zero-order chi connectivity index (χ0) is 25.2. The van der Waals surface area contributed by atoms with Crippen LogP contribution >= 0.6 is 0 Å². The number of phenolic OH excluding ortho intramolecular Hbond substituents is 1. The van der Waals surface area contributed by atoms with E-state index in [1.54, 1.807) is 0 Å². The maximum atomic E-state index is 12.9. The molecular formula is C22H20O13. The summed E-state index contributed by atoms with van der Waals surface area (Å²) in [5.41, 5.74) is -2.30. The van der Waals surface area contributed by atoms with Crippen LogP contribution in [0.5, 0.6) is 23.0 Å². The molecule has 13 nitrogen and oxygen atoms in total. The molecule has 186 valence electrons. The van der Waals surface area contributed by atoms with Crippen LogP contribution in [0.2, 0.25) is 0 Å². The summed E-state index contributed by atoms with van der Waals surface area (Å²) in [7, 11) is 2.66. The summed E-state index contributed by atoms with van der Waals surface area (Å²) in [5, 5.41) is 50.5. The molecule has 5 atom stereocenters. The number of methoxy groups -OCH3 is 2. The molecule has 0 bridgehead atoms. The molecule has 13 heteroatoms. The predicted octanol–water partition coefficient (Wildman–Crippen LogP) is -0.608. The minimum absolute atomic E-state index is 0.000835. The molecule has 0 aliphatic carbocycles. The van der Waals surface area contributed by atoms with Gasteiger partial charge in [-0.25, -0.2) is 9.59 Å². The van der Waals surface area contributed by atoms with Crippen molar-refractivity contribution in [2.45, 2.75) is 30.7 Å². The molecule has 0 saturated carbocycles. The van der Waals surface area contributed by atoms with Gasteiger partial charge in [-0.15, -0.1) is 0 Å². The SMILES string of the molecule is COc1cc2c(=O)oc3c(O)c(O[C@@H]4O[C@H](CO)[C@@H](O)[C@H](O)[C@H]4O)cc4c(=O)oc(c1OC)c2c34. The maximum absolute atomic E-state index is 12.9. The lowest BCUT2D eigenvalue weighted by atomic mass is 9.99. The lowest BCUT2D eigenvalue weighted by Gasteiger charge is -2.39. The van der Waals surface area contributed by atoms with Crippen LogP contribution in [0.4, 0.5) is 0 Å². The average Bonchev–Trinajstić information content (AvgIpc) is 2.85. The minimum atomic E-state index is -1.79. The molecule has 1 aliphatic heterocycles. The van der Waals surface area contributed by atoms with Crippen LogP contribution in [-0.2, 0) is 4.74 Å². The molecule has 0 amide bonds. The van der Waals surface area contributed by atoms with E-state index in [4.69, 9.17) is 27.8 Å². The molecule has 0 unspecified atom stereocenters. The largest absolute Gasteiger partial charge is 0.502 e. The Balaban J connectivity index is 1.75. The van der Waals surface area contributed by atoms with E-state index in [0.29, 0.717) is 0 Å². The van der Waals surface area contributed by atoms with Crippen molar-refractivity contribution >= 4 is 32.7 Å². The van der Waals surface area contributed by atoms with Gasteiger partial charge >= 0.3 is 11.3 Å². The van der Waals surface area contributed by atoms with Crippen molar-refractivity contribution in [3.8, 4) is 23.0 Å². The monoisotopic (exact) mass is 492 g/mol. The first-order valence-corrected chi connectivity index (χ1v) is 10.3. The highest BCUT2D eigenvalue weighted by molar-refractivity contribution is 6.22.